The van der Waals surface area contributed by atoms with Gasteiger partial charge in [0.25, 0.3) is 0 Å². The summed E-state index contributed by atoms with van der Waals surface area (Å²) in [5, 5.41) is 0. The smallest absolute Gasteiger partial charge is 0.164 e. The minimum atomic E-state index is -1.41. The van der Waals surface area contributed by atoms with Crippen LogP contribution in [0.1, 0.15) is 27.7 Å². The van der Waals surface area contributed by atoms with Crippen molar-refractivity contribution >= 4 is 0 Å². The van der Waals surface area contributed by atoms with E-state index in [-0.39, 0.29) is 12.7 Å². The van der Waals surface area contributed by atoms with Crippen LogP contribution in [0.4, 0.5) is 4.39 Å². The summed E-state index contributed by atoms with van der Waals surface area (Å²) in [5.74, 6) is 0.411. The molecular formula is C13H24FNO. The molecule has 2 nitrogen and oxygen atoms in total. The van der Waals surface area contributed by atoms with Crippen molar-refractivity contribution in [1.29, 1.82) is 0 Å². The van der Waals surface area contributed by atoms with Gasteiger partial charge in [-0.3, -0.25) is 4.90 Å². The van der Waals surface area contributed by atoms with Gasteiger partial charge in [-0.25, -0.2) is 4.39 Å². The van der Waals surface area contributed by atoms with Gasteiger partial charge in [0.05, 0.1) is 12.7 Å². The van der Waals surface area contributed by atoms with Gasteiger partial charge in [-0.15, -0.1) is 0 Å². The van der Waals surface area contributed by atoms with Crippen molar-refractivity contribution in [3.63, 3.8) is 0 Å². The van der Waals surface area contributed by atoms with E-state index in [4.69, 9.17) is 4.74 Å². The molecule has 1 aliphatic rings. The third-order valence-electron chi connectivity index (χ3n) is 3.26. The Morgan fingerprint density at radius 3 is 2.50 bits per heavy atom. The van der Waals surface area contributed by atoms with Gasteiger partial charge >= 0.3 is 0 Å². The minimum absolute atomic E-state index is 0.111. The third kappa shape index (κ3) is 3.29. The second kappa shape index (κ2) is 5.28. The van der Waals surface area contributed by atoms with E-state index in [0.29, 0.717) is 18.5 Å². The fourth-order valence-corrected chi connectivity index (χ4v) is 1.90. The molecule has 1 heterocycles. The van der Waals surface area contributed by atoms with E-state index in [1.165, 1.54) is 6.08 Å². The molecule has 0 bridgehead atoms. The van der Waals surface area contributed by atoms with Crippen LogP contribution in [-0.4, -0.2) is 42.4 Å². The normalized spacial score (nSPS) is 33.1. The van der Waals surface area contributed by atoms with Gasteiger partial charge in [-0.1, -0.05) is 26.5 Å². The zero-order chi connectivity index (χ0) is 12.3. The van der Waals surface area contributed by atoms with Crippen molar-refractivity contribution < 1.29 is 9.13 Å². The predicted octanol–water partition coefficient (Wildman–Crippen LogP) is 2.65. The van der Waals surface area contributed by atoms with E-state index in [1.807, 2.05) is 0 Å². The first-order valence-electron chi connectivity index (χ1n) is 6.06. The highest BCUT2D eigenvalue weighted by Gasteiger charge is 2.36. The molecule has 0 spiro atoms. The Bertz CT molecular complexity index is 242. The molecule has 1 saturated heterocycles. The zero-order valence-electron chi connectivity index (χ0n) is 10.9. The average molecular weight is 229 g/mol. The maximum absolute atomic E-state index is 14.3. The fraction of sp³-hybridized carbons (Fsp3) is 0.846. The van der Waals surface area contributed by atoms with Crippen LogP contribution in [0, 0.1) is 5.92 Å². The number of ether oxygens (including phenoxy) is 1. The maximum atomic E-state index is 14.3. The van der Waals surface area contributed by atoms with Crippen molar-refractivity contribution in [1.82, 2.24) is 4.90 Å². The monoisotopic (exact) mass is 229 g/mol. The molecule has 0 aliphatic carbocycles. The van der Waals surface area contributed by atoms with Gasteiger partial charge < -0.3 is 4.74 Å². The second-order valence-electron chi connectivity index (χ2n) is 5.36. The molecule has 94 valence electrons. The van der Waals surface area contributed by atoms with E-state index >= 15 is 0 Å². The lowest BCUT2D eigenvalue weighted by Crippen LogP contribution is -2.43. The van der Waals surface area contributed by atoms with Crippen LogP contribution in [0.5, 0.6) is 0 Å². The number of halogens is 1. The SMILES string of the molecule is C=C[C@@]1(F)CO[C@@H](C(C)C)CN(C(C)C)C1. The van der Waals surface area contributed by atoms with Gasteiger partial charge in [0.2, 0.25) is 0 Å². The van der Waals surface area contributed by atoms with Crippen LogP contribution in [0.2, 0.25) is 0 Å². The topological polar surface area (TPSA) is 12.5 Å². The lowest BCUT2D eigenvalue weighted by atomic mass is 10.1. The number of rotatable bonds is 3. The van der Waals surface area contributed by atoms with Gasteiger partial charge in [0.15, 0.2) is 5.67 Å². The summed E-state index contributed by atoms with van der Waals surface area (Å²) in [7, 11) is 0. The lowest BCUT2D eigenvalue weighted by molar-refractivity contribution is -0.00691. The summed E-state index contributed by atoms with van der Waals surface area (Å²) in [6.07, 6.45) is 1.49. The van der Waals surface area contributed by atoms with Crippen LogP contribution in [-0.2, 0) is 4.74 Å². The Morgan fingerprint density at radius 2 is 2.06 bits per heavy atom. The predicted molar refractivity (Wildman–Crippen MR) is 65.3 cm³/mol. The first-order chi connectivity index (χ1) is 7.38. The van der Waals surface area contributed by atoms with Crippen LogP contribution in [0.25, 0.3) is 0 Å². The summed E-state index contributed by atoms with van der Waals surface area (Å²) in [6, 6.07) is 0.332. The summed E-state index contributed by atoms with van der Waals surface area (Å²) in [6.45, 7) is 13.3. The highest BCUT2D eigenvalue weighted by Crippen LogP contribution is 2.24. The molecule has 1 fully saturated rings. The molecule has 0 radical (unpaired) electrons. The third-order valence-corrected chi connectivity index (χ3v) is 3.26. The van der Waals surface area contributed by atoms with Gasteiger partial charge in [-0.05, 0) is 19.8 Å². The minimum Gasteiger partial charge on any atom is -0.373 e. The summed E-state index contributed by atoms with van der Waals surface area (Å²) < 4.78 is 20.0. The molecule has 0 N–H and O–H groups in total. The Balaban J connectivity index is 2.80. The van der Waals surface area contributed by atoms with Gasteiger partial charge in [0.1, 0.15) is 0 Å². The molecule has 0 aromatic carbocycles. The maximum Gasteiger partial charge on any atom is 0.164 e. The van der Waals surface area contributed by atoms with E-state index in [2.05, 4.69) is 39.2 Å². The number of nitrogens with zero attached hydrogens (tertiary/aromatic N) is 1. The van der Waals surface area contributed by atoms with Crippen molar-refractivity contribution in [3.8, 4) is 0 Å². The standard InChI is InChI=1S/C13H24FNO/c1-6-13(14)8-15(11(4)5)7-12(10(2)3)16-9-13/h6,10-12H,1,7-9H2,2-5H3/t12-,13+/m1/s1. The molecule has 0 amide bonds. The van der Waals surface area contributed by atoms with Crippen LogP contribution < -0.4 is 0 Å². The number of hydrogen-bond donors (Lipinski definition) is 0. The van der Waals surface area contributed by atoms with E-state index in [1.54, 1.807) is 0 Å². The molecule has 0 aromatic rings. The van der Waals surface area contributed by atoms with Crippen molar-refractivity contribution in [2.24, 2.45) is 5.92 Å². The molecule has 1 aliphatic heterocycles. The molecule has 0 unspecified atom stereocenters. The van der Waals surface area contributed by atoms with Crippen molar-refractivity contribution in [3.05, 3.63) is 12.7 Å². The molecule has 1 rings (SSSR count). The van der Waals surface area contributed by atoms with E-state index in [9.17, 15) is 4.39 Å². The molecular weight excluding hydrogens is 205 g/mol. The zero-order valence-corrected chi connectivity index (χ0v) is 10.9. The largest absolute Gasteiger partial charge is 0.373 e. The second-order valence-corrected chi connectivity index (χ2v) is 5.36. The molecule has 0 saturated carbocycles. The Labute approximate surface area is 98.5 Å². The first kappa shape index (κ1) is 13.7. The summed E-state index contributed by atoms with van der Waals surface area (Å²) in [4.78, 5) is 2.14. The molecule has 16 heavy (non-hydrogen) atoms. The molecule has 2 atom stereocenters. The highest BCUT2D eigenvalue weighted by molar-refractivity contribution is 5.01. The number of hydrogen-bond acceptors (Lipinski definition) is 2. The van der Waals surface area contributed by atoms with Crippen molar-refractivity contribution in [2.75, 3.05) is 19.7 Å². The summed E-state index contributed by atoms with van der Waals surface area (Å²) in [5.41, 5.74) is -1.41. The van der Waals surface area contributed by atoms with Crippen molar-refractivity contribution in [2.45, 2.75) is 45.5 Å². The Morgan fingerprint density at radius 1 is 1.44 bits per heavy atom. The average Bonchev–Trinajstić information content (AvgIpc) is 2.38. The van der Waals surface area contributed by atoms with E-state index < -0.39 is 5.67 Å². The van der Waals surface area contributed by atoms with Crippen LogP contribution in [0.3, 0.4) is 0 Å². The quantitative estimate of drug-likeness (QED) is 0.690. The summed E-state index contributed by atoms with van der Waals surface area (Å²) >= 11 is 0. The molecule has 3 heteroatoms. The first-order valence-corrected chi connectivity index (χ1v) is 6.06. The number of alkyl halides is 1. The fourth-order valence-electron chi connectivity index (χ4n) is 1.90. The van der Waals surface area contributed by atoms with Crippen LogP contribution >= 0.6 is 0 Å². The highest BCUT2D eigenvalue weighted by atomic mass is 19.1. The Kier molecular flexibility index (Phi) is 4.51. The van der Waals surface area contributed by atoms with Crippen LogP contribution in [0.15, 0.2) is 12.7 Å². The molecule has 0 aromatic heterocycles. The Hall–Kier alpha value is -0.410. The van der Waals surface area contributed by atoms with E-state index in [0.717, 1.165) is 6.54 Å². The van der Waals surface area contributed by atoms with Gasteiger partial charge in [-0.2, -0.15) is 0 Å². The van der Waals surface area contributed by atoms with Gasteiger partial charge in [0, 0.05) is 19.1 Å². The lowest BCUT2D eigenvalue weighted by Gasteiger charge is -2.30.